The van der Waals surface area contributed by atoms with E-state index in [1.807, 2.05) is 18.5 Å². The van der Waals surface area contributed by atoms with Crippen molar-refractivity contribution in [3.63, 3.8) is 0 Å². The smallest absolute Gasteiger partial charge is 0.0662 e. The number of hydrogen-bond donors (Lipinski definition) is 1. The molecule has 5 heteroatoms. The standard InChI is InChI=1S/C12H23N3O2/c1-4-17-8-6-15-10-12(11(2)14-15)9-13-5-7-16-3/h10,13H,4-9H2,1-3H3. The number of nitrogens with zero attached hydrogens (tertiary/aromatic N) is 2. The lowest BCUT2D eigenvalue weighted by Gasteiger charge is -2.02. The molecule has 0 radical (unpaired) electrons. The van der Waals surface area contributed by atoms with Crippen LogP contribution in [0.2, 0.25) is 0 Å². The van der Waals surface area contributed by atoms with E-state index in [0.29, 0.717) is 6.61 Å². The van der Waals surface area contributed by atoms with Crippen molar-refractivity contribution >= 4 is 0 Å². The molecule has 0 bridgehead atoms. The monoisotopic (exact) mass is 241 g/mol. The van der Waals surface area contributed by atoms with Crippen LogP contribution < -0.4 is 5.32 Å². The van der Waals surface area contributed by atoms with Crippen LogP contribution in [0.5, 0.6) is 0 Å². The molecule has 0 spiro atoms. The molecule has 0 aromatic carbocycles. The van der Waals surface area contributed by atoms with E-state index in [4.69, 9.17) is 9.47 Å². The van der Waals surface area contributed by atoms with Crippen LogP contribution in [0.4, 0.5) is 0 Å². The molecule has 1 heterocycles. The minimum absolute atomic E-state index is 0.716. The topological polar surface area (TPSA) is 48.3 Å². The molecule has 0 saturated heterocycles. The van der Waals surface area contributed by atoms with Gasteiger partial charge in [-0.25, -0.2) is 0 Å². The minimum atomic E-state index is 0.716. The number of rotatable bonds is 9. The molecular weight excluding hydrogens is 218 g/mol. The van der Waals surface area contributed by atoms with Crippen molar-refractivity contribution in [2.45, 2.75) is 26.9 Å². The largest absolute Gasteiger partial charge is 0.383 e. The van der Waals surface area contributed by atoms with E-state index < -0.39 is 0 Å². The molecule has 1 N–H and O–H groups in total. The van der Waals surface area contributed by atoms with E-state index in [1.54, 1.807) is 7.11 Å². The maximum absolute atomic E-state index is 5.31. The highest BCUT2D eigenvalue weighted by atomic mass is 16.5. The van der Waals surface area contributed by atoms with Gasteiger partial charge >= 0.3 is 0 Å². The normalized spacial score (nSPS) is 11.0. The van der Waals surface area contributed by atoms with Crippen molar-refractivity contribution in [3.8, 4) is 0 Å². The Morgan fingerprint density at radius 1 is 1.41 bits per heavy atom. The second-order valence-corrected chi connectivity index (χ2v) is 3.87. The van der Waals surface area contributed by atoms with Crippen LogP contribution in [-0.4, -0.2) is 43.3 Å². The van der Waals surface area contributed by atoms with Gasteiger partial charge in [0.25, 0.3) is 0 Å². The summed E-state index contributed by atoms with van der Waals surface area (Å²) in [5.41, 5.74) is 2.31. The fraction of sp³-hybridized carbons (Fsp3) is 0.750. The Hall–Kier alpha value is -0.910. The average molecular weight is 241 g/mol. The zero-order valence-corrected chi connectivity index (χ0v) is 11.0. The molecule has 1 rings (SSSR count). The summed E-state index contributed by atoms with van der Waals surface area (Å²) in [6, 6.07) is 0. The number of ether oxygens (including phenoxy) is 2. The fourth-order valence-corrected chi connectivity index (χ4v) is 1.55. The maximum atomic E-state index is 5.31. The molecule has 0 fully saturated rings. The highest BCUT2D eigenvalue weighted by Gasteiger charge is 2.04. The van der Waals surface area contributed by atoms with Crippen LogP contribution in [0.1, 0.15) is 18.2 Å². The Morgan fingerprint density at radius 3 is 2.94 bits per heavy atom. The number of methoxy groups -OCH3 is 1. The predicted molar refractivity (Wildman–Crippen MR) is 67.0 cm³/mol. The van der Waals surface area contributed by atoms with Gasteiger partial charge in [-0.1, -0.05) is 0 Å². The summed E-state index contributed by atoms with van der Waals surface area (Å²) in [6.45, 7) is 8.75. The SMILES string of the molecule is CCOCCn1cc(CNCCOC)c(C)n1. The van der Waals surface area contributed by atoms with E-state index >= 15 is 0 Å². The van der Waals surface area contributed by atoms with Gasteiger partial charge in [0.15, 0.2) is 0 Å². The van der Waals surface area contributed by atoms with Crippen LogP contribution in [-0.2, 0) is 22.6 Å². The first-order chi connectivity index (χ1) is 8.27. The van der Waals surface area contributed by atoms with Gasteiger partial charge in [0.2, 0.25) is 0 Å². The first-order valence-electron chi connectivity index (χ1n) is 6.08. The van der Waals surface area contributed by atoms with Gasteiger partial charge in [0.05, 0.1) is 25.5 Å². The second-order valence-electron chi connectivity index (χ2n) is 3.87. The van der Waals surface area contributed by atoms with Gasteiger partial charge in [-0.05, 0) is 13.8 Å². The lowest BCUT2D eigenvalue weighted by atomic mass is 10.2. The minimum Gasteiger partial charge on any atom is -0.383 e. The molecule has 17 heavy (non-hydrogen) atoms. The predicted octanol–water partition coefficient (Wildman–Crippen LogP) is 0.964. The van der Waals surface area contributed by atoms with Crippen molar-refractivity contribution in [2.24, 2.45) is 0 Å². The summed E-state index contributed by atoms with van der Waals surface area (Å²) in [5.74, 6) is 0. The summed E-state index contributed by atoms with van der Waals surface area (Å²) < 4.78 is 12.2. The molecule has 0 unspecified atom stereocenters. The van der Waals surface area contributed by atoms with E-state index in [1.165, 1.54) is 5.56 Å². The van der Waals surface area contributed by atoms with Crippen LogP contribution in [0.25, 0.3) is 0 Å². The quantitative estimate of drug-likeness (QED) is 0.654. The summed E-state index contributed by atoms with van der Waals surface area (Å²) in [4.78, 5) is 0. The Balaban J connectivity index is 2.33. The van der Waals surface area contributed by atoms with Crippen LogP contribution in [0, 0.1) is 6.92 Å². The van der Waals surface area contributed by atoms with Gasteiger partial charge in [0, 0.05) is 38.6 Å². The van der Waals surface area contributed by atoms with Crippen molar-refractivity contribution < 1.29 is 9.47 Å². The molecule has 0 saturated carbocycles. The summed E-state index contributed by atoms with van der Waals surface area (Å²) in [7, 11) is 1.71. The van der Waals surface area contributed by atoms with Crippen LogP contribution >= 0.6 is 0 Å². The average Bonchev–Trinajstić information content (AvgIpc) is 2.66. The molecule has 0 amide bonds. The highest BCUT2D eigenvalue weighted by Crippen LogP contribution is 2.05. The molecular formula is C12H23N3O2. The van der Waals surface area contributed by atoms with Gasteiger partial charge in [-0.3, -0.25) is 4.68 Å². The summed E-state index contributed by atoms with van der Waals surface area (Å²) >= 11 is 0. The van der Waals surface area contributed by atoms with Gasteiger partial charge < -0.3 is 14.8 Å². The first kappa shape index (κ1) is 14.2. The lowest BCUT2D eigenvalue weighted by molar-refractivity contribution is 0.136. The van der Waals surface area contributed by atoms with E-state index in [9.17, 15) is 0 Å². The molecule has 98 valence electrons. The van der Waals surface area contributed by atoms with Crippen molar-refractivity contribution in [3.05, 3.63) is 17.5 Å². The lowest BCUT2D eigenvalue weighted by Crippen LogP contribution is -2.18. The Bertz CT molecular complexity index is 313. The Morgan fingerprint density at radius 2 is 2.24 bits per heavy atom. The molecule has 0 aliphatic rings. The first-order valence-corrected chi connectivity index (χ1v) is 6.08. The molecule has 1 aromatic heterocycles. The van der Waals surface area contributed by atoms with Crippen molar-refractivity contribution in [1.29, 1.82) is 0 Å². The number of nitrogens with one attached hydrogen (secondary N) is 1. The molecule has 1 aromatic rings. The summed E-state index contributed by atoms with van der Waals surface area (Å²) in [5, 5.41) is 7.76. The molecule has 5 nitrogen and oxygen atoms in total. The van der Waals surface area contributed by atoms with E-state index in [2.05, 4.69) is 16.6 Å². The number of hydrogen-bond acceptors (Lipinski definition) is 4. The molecule has 0 aliphatic carbocycles. The maximum Gasteiger partial charge on any atom is 0.0662 e. The van der Waals surface area contributed by atoms with Gasteiger partial charge in [0.1, 0.15) is 0 Å². The zero-order chi connectivity index (χ0) is 12.5. The van der Waals surface area contributed by atoms with Gasteiger partial charge in [-0.15, -0.1) is 0 Å². The van der Waals surface area contributed by atoms with Crippen LogP contribution in [0.15, 0.2) is 6.20 Å². The number of aryl methyl sites for hydroxylation is 1. The molecule has 0 aliphatic heterocycles. The van der Waals surface area contributed by atoms with Gasteiger partial charge in [-0.2, -0.15) is 5.10 Å². The van der Waals surface area contributed by atoms with Crippen LogP contribution in [0.3, 0.4) is 0 Å². The molecule has 0 atom stereocenters. The number of aromatic nitrogens is 2. The third-order valence-corrected chi connectivity index (χ3v) is 2.52. The van der Waals surface area contributed by atoms with E-state index in [0.717, 1.165) is 38.5 Å². The highest BCUT2D eigenvalue weighted by molar-refractivity contribution is 5.14. The third kappa shape index (κ3) is 5.30. The third-order valence-electron chi connectivity index (χ3n) is 2.52. The summed E-state index contributed by atoms with van der Waals surface area (Å²) in [6.07, 6.45) is 2.08. The fourth-order valence-electron chi connectivity index (χ4n) is 1.55. The zero-order valence-electron chi connectivity index (χ0n) is 11.0. The Labute approximate surface area is 103 Å². The Kier molecular flexibility index (Phi) is 6.84. The van der Waals surface area contributed by atoms with Crippen molar-refractivity contribution in [2.75, 3.05) is 33.5 Å². The van der Waals surface area contributed by atoms with E-state index in [-0.39, 0.29) is 0 Å². The second kappa shape index (κ2) is 8.22. The van der Waals surface area contributed by atoms with Crippen molar-refractivity contribution in [1.82, 2.24) is 15.1 Å².